The largest absolute Gasteiger partial charge is 0.356 e. The Balaban J connectivity index is 1.96. The van der Waals surface area contributed by atoms with Crippen LogP contribution in [0.5, 0.6) is 0 Å². The van der Waals surface area contributed by atoms with Crippen molar-refractivity contribution in [3.05, 3.63) is 65.6 Å². The molecule has 0 saturated carbocycles. The zero-order valence-electron chi connectivity index (χ0n) is 12.7. The van der Waals surface area contributed by atoms with E-state index >= 15 is 0 Å². The summed E-state index contributed by atoms with van der Waals surface area (Å²) in [5.41, 5.74) is 0.982. The van der Waals surface area contributed by atoms with Crippen molar-refractivity contribution in [2.75, 3.05) is 11.4 Å². The number of alkyl halides is 2. The predicted octanol–water partition coefficient (Wildman–Crippen LogP) is 3.83. The minimum absolute atomic E-state index is 0.187. The lowest BCUT2D eigenvalue weighted by Crippen LogP contribution is -2.39. The van der Waals surface area contributed by atoms with E-state index in [0.29, 0.717) is 5.69 Å². The van der Waals surface area contributed by atoms with E-state index in [-0.39, 0.29) is 16.4 Å². The third kappa shape index (κ3) is 3.20. The van der Waals surface area contributed by atoms with Gasteiger partial charge >= 0.3 is 0 Å². The van der Waals surface area contributed by atoms with Crippen molar-refractivity contribution < 1.29 is 13.6 Å². The summed E-state index contributed by atoms with van der Waals surface area (Å²) in [6.45, 7) is 3.46. The summed E-state index contributed by atoms with van der Waals surface area (Å²) in [4.78, 5) is 17.0. The first-order valence-corrected chi connectivity index (χ1v) is 7.79. The lowest BCUT2D eigenvalue weighted by Gasteiger charge is -2.28. The predicted molar refractivity (Wildman–Crippen MR) is 89.5 cm³/mol. The van der Waals surface area contributed by atoms with Crippen LogP contribution in [0.1, 0.15) is 16.9 Å². The van der Waals surface area contributed by atoms with Gasteiger partial charge in [-0.25, -0.2) is 8.78 Å². The van der Waals surface area contributed by atoms with Gasteiger partial charge < -0.3 is 10.3 Å². The Kier molecular flexibility index (Phi) is 4.43. The number of nitrogens with zero attached hydrogens (tertiary/aromatic N) is 1. The fourth-order valence-electron chi connectivity index (χ4n) is 2.72. The number of carbonyl (C=O) groups is 1. The van der Waals surface area contributed by atoms with Crippen LogP contribution in [0.3, 0.4) is 0 Å². The molecular formula is C17H16ClF2N3O. The average molecular weight is 352 g/mol. The lowest BCUT2D eigenvalue weighted by molar-refractivity contribution is 0.0218. The highest BCUT2D eigenvalue weighted by molar-refractivity contribution is 6.34. The van der Waals surface area contributed by atoms with Crippen LogP contribution < -0.4 is 10.2 Å². The number of para-hydroxylation sites is 1. The summed E-state index contributed by atoms with van der Waals surface area (Å²) < 4.78 is 27.0. The molecule has 1 aliphatic heterocycles. The minimum Gasteiger partial charge on any atom is -0.356 e. The number of H-pyrrole nitrogens is 1. The van der Waals surface area contributed by atoms with Gasteiger partial charge in [-0.15, -0.1) is 0 Å². The Hall–Kier alpha value is -2.18. The molecular weight excluding hydrogens is 336 g/mol. The molecule has 1 saturated heterocycles. The molecule has 2 heterocycles. The molecule has 4 nitrogen and oxygen atoms in total. The maximum atomic E-state index is 13.5. The first kappa shape index (κ1) is 16.7. The lowest BCUT2D eigenvalue weighted by atomic mass is 10.1. The van der Waals surface area contributed by atoms with E-state index in [1.54, 1.807) is 42.6 Å². The summed E-state index contributed by atoms with van der Waals surface area (Å²) >= 11 is 6.03. The van der Waals surface area contributed by atoms with Crippen LogP contribution >= 0.6 is 11.6 Å². The maximum Gasteiger partial charge on any atom is 0.280 e. The molecule has 0 bridgehead atoms. The second-order valence-corrected chi connectivity index (χ2v) is 6.07. The second kappa shape index (κ2) is 6.37. The minimum atomic E-state index is -2.82. The number of nitrogens with one attached hydrogen (secondary N) is 2. The molecule has 126 valence electrons. The number of amides is 1. The monoisotopic (exact) mass is 351 g/mol. The summed E-state index contributed by atoms with van der Waals surface area (Å²) in [7, 11) is 0. The van der Waals surface area contributed by atoms with Crippen LogP contribution in [0.25, 0.3) is 0 Å². The van der Waals surface area contributed by atoms with Crippen molar-refractivity contribution in [1.82, 2.24) is 10.3 Å². The summed E-state index contributed by atoms with van der Waals surface area (Å²) in [6, 6.07) is 9.62. The van der Waals surface area contributed by atoms with Crippen molar-refractivity contribution in [3.63, 3.8) is 0 Å². The van der Waals surface area contributed by atoms with Gasteiger partial charge in [-0.1, -0.05) is 36.4 Å². The van der Waals surface area contributed by atoms with Crippen LogP contribution in [0.15, 0.2) is 54.9 Å². The standard InChI is InChI=1S/C17H16ClF2N3O/c1-11(14-9-17(19,20)10-22-14)23(12-5-3-2-4-6-12)16(24)15-13(18)7-8-21-15/h2-8,14,21-22H,1,9-10H2/t14-/m0/s1. The number of benzene rings is 1. The van der Waals surface area contributed by atoms with E-state index in [1.165, 1.54) is 4.90 Å². The van der Waals surface area contributed by atoms with Crippen molar-refractivity contribution in [2.24, 2.45) is 0 Å². The van der Waals surface area contributed by atoms with Gasteiger partial charge in [0.2, 0.25) is 0 Å². The molecule has 0 aliphatic carbocycles. The molecule has 1 aromatic carbocycles. The van der Waals surface area contributed by atoms with Crippen molar-refractivity contribution >= 4 is 23.2 Å². The number of carbonyl (C=O) groups excluding carboxylic acids is 1. The average Bonchev–Trinajstić information content (AvgIpc) is 3.13. The Morgan fingerprint density at radius 2 is 2.00 bits per heavy atom. The summed E-state index contributed by atoms with van der Waals surface area (Å²) in [6.07, 6.45) is 1.14. The van der Waals surface area contributed by atoms with Crippen molar-refractivity contribution in [2.45, 2.75) is 18.4 Å². The maximum absolute atomic E-state index is 13.5. The number of aromatic nitrogens is 1. The van der Waals surface area contributed by atoms with Gasteiger partial charge in [0.15, 0.2) is 0 Å². The van der Waals surface area contributed by atoms with E-state index in [1.807, 2.05) is 0 Å². The molecule has 1 aromatic heterocycles. The molecule has 0 unspecified atom stereocenters. The number of hydrogen-bond acceptors (Lipinski definition) is 2. The highest BCUT2D eigenvalue weighted by Gasteiger charge is 2.42. The topological polar surface area (TPSA) is 48.1 Å². The highest BCUT2D eigenvalue weighted by atomic mass is 35.5. The Labute approximate surface area is 143 Å². The molecule has 2 aromatic rings. The number of halogens is 3. The van der Waals surface area contributed by atoms with Crippen LogP contribution in [-0.4, -0.2) is 29.4 Å². The molecule has 24 heavy (non-hydrogen) atoms. The second-order valence-electron chi connectivity index (χ2n) is 5.66. The normalized spacial score (nSPS) is 19.2. The molecule has 1 amide bonds. The molecule has 1 aliphatic rings. The molecule has 0 spiro atoms. The number of anilines is 1. The van der Waals surface area contributed by atoms with E-state index < -0.39 is 30.8 Å². The van der Waals surface area contributed by atoms with Gasteiger partial charge in [-0.3, -0.25) is 9.69 Å². The van der Waals surface area contributed by atoms with Gasteiger partial charge in [-0.2, -0.15) is 0 Å². The molecule has 7 heteroatoms. The Morgan fingerprint density at radius 1 is 1.29 bits per heavy atom. The fraction of sp³-hybridized carbons (Fsp3) is 0.235. The fourth-order valence-corrected chi connectivity index (χ4v) is 2.92. The molecule has 0 radical (unpaired) electrons. The van der Waals surface area contributed by atoms with Gasteiger partial charge in [0, 0.05) is 24.0 Å². The third-order valence-corrected chi connectivity index (χ3v) is 4.24. The number of aromatic amines is 1. The Bertz CT molecular complexity index is 760. The van der Waals surface area contributed by atoms with Gasteiger partial charge in [0.05, 0.1) is 17.6 Å². The number of rotatable bonds is 4. The smallest absolute Gasteiger partial charge is 0.280 e. The van der Waals surface area contributed by atoms with Gasteiger partial charge in [-0.05, 0) is 18.2 Å². The van der Waals surface area contributed by atoms with Gasteiger partial charge in [0.25, 0.3) is 11.8 Å². The van der Waals surface area contributed by atoms with Crippen molar-refractivity contribution in [1.29, 1.82) is 0 Å². The Morgan fingerprint density at radius 3 is 2.54 bits per heavy atom. The molecule has 2 N–H and O–H groups in total. The van der Waals surface area contributed by atoms with E-state index in [2.05, 4.69) is 16.9 Å². The number of hydrogen-bond donors (Lipinski definition) is 2. The highest BCUT2D eigenvalue weighted by Crippen LogP contribution is 2.32. The third-order valence-electron chi connectivity index (χ3n) is 3.93. The quantitative estimate of drug-likeness (QED) is 0.879. The zero-order valence-corrected chi connectivity index (χ0v) is 13.5. The van der Waals surface area contributed by atoms with E-state index in [9.17, 15) is 13.6 Å². The molecule has 1 fully saturated rings. The summed E-state index contributed by atoms with van der Waals surface area (Å²) in [5.74, 6) is -3.26. The van der Waals surface area contributed by atoms with Gasteiger partial charge in [0.1, 0.15) is 5.69 Å². The van der Waals surface area contributed by atoms with Crippen LogP contribution in [0, 0.1) is 0 Å². The van der Waals surface area contributed by atoms with Crippen LogP contribution in [0.2, 0.25) is 5.02 Å². The van der Waals surface area contributed by atoms with Crippen LogP contribution in [-0.2, 0) is 0 Å². The van der Waals surface area contributed by atoms with Crippen molar-refractivity contribution in [3.8, 4) is 0 Å². The molecule has 3 rings (SSSR count). The van der Waals surface area contributed by atoms with Crippen LogP contribution in [0.4, 0.5) is 14.5 Å². The first-order chi connectivity index (χ1) is 11.4. The van der Waals surface area contributed by atoms with E-state index in [4.69, 9.17) is 11.6 Å². The molecule has 1 atom stereocenters. The van der Waals surface area contributed by atoms with E-state index in [0.717, 1.165) is 0 Å². The summed E-state index contributed by atoms with van der Waals surface area (Å²) in [5, 5.41) is 2.99. The zero-order chi connectivity index (χ0) is 17.3. The SMILES string of the molecule is C=C([C@@H]1CC(F)(F)CN1)N(C(=O)c1[nH]ccc1Cl)c1ccccc1. The first-order valence-electron chi connectivity index (χ1n) is 7.41.